The molecule has 3 nitrogen and oxygen atoms in total. The maximum Gasteiger partial charge on any atom is 0.314 e. The van der Waals surface area contributed by atoms with Crippen molar-refractivity contribution in [3.8, 4) is 0 Å². The monoisotopic (exact) mass is 208 g/mol. The van der Waals surface area contributed by atoms with Crippen LogP contribution in [0, 0.1) is 0 Å². The van der Waals surface area contributed by atoms with Crippen molar-refractivity contribution in [1.82, 2.24) is 0 Å². The number of aliphatic carboxylic acids is 1. The standard InChI is InChI=1S/C12H17NO2/c1-2-3-5-8-13-9-6-4-7-11(13)10-12(14)15/h4,6-7,9H,2-3,5,8,10H2,1H3/p+1. The zero-order chi connectivity index (χ0) is 11.1. The van der Waals surface area contributed by atoms with Crippen molar-refractivity contribution in [2.45, 2.75) is 39.2 Å². The molecule has 0 saturated heterocycles. The van der Waals surface area contributed by atoms with Crippen molar-refractivity contribution in [3.63, 3.8) is 0 Å². The number of hydrogen-bond acceptors (Lipinski definition) is 1. The van der Waals surface area contributed by atoms with E-state index in [9.17, 15) is 4.79 Å². The van der Waals surface area contributed by atoms with Crippen LogP contribution < -0.4 is 4.57 Å². The number of rotatable bonds is 6. The highest BCUT2D eigenvalue weighted by Crippen LogP contribution is 1.97. The second-order valence-electron chi connectivity index (χ2n) is 3.66. The first kappa shape index (κ1) is 11.7. The Kier molecular flexibility index (Phi) is 4.81. The van der Waals surface area contributed by atoms with E-state index < -0.39 is 5.97 Å². The molecule has 0 aliphatic carbocycles. The highest BCUT2D eigenvalue weighted by molar-refractivity contribution is 5.69. The highest BCUT2D eigenvalue weighted by atomic mass is 16.4. The number of aryl methyl sites for hydroxylation is 1. The lowest BCUT2D eigenvalue weighted by Gasteiger charge is -2.01. The van der Waals surface area contributed by atoms with Crippen LogP contribution in [0.4, 0.5) is 0 Å². The van der Waals surface area contributed by atoms with Gasteiger partial charge in [0, 0.05) is 18.6 Å². The summed E-state index contributed by atoms with van der Waals surface area (Å²) in [6.07, 6.45) is 5.54. The van der Waals surface area contributed by atoms with Crippen molar-refractivity contribution < 1.29 is 14.5 Å². The minimum absolute atomic E-state index is 0.104. The number of hydrogen-bond donors (Lipinski definition) is 1. The molecular formula is C12H18NO2+. The Bertz CT molecular complexity index is 323. The van der Waals surface area contributed by atoms with Crippen LogP contribution in [0.2, 0.25) is 0 Å². The molecule has 1 aromatic rings. The molecule has 0 saturated carbocycles. The molecule has 0 fully saturated rings. The summed E-state index contributed by atoms with van der Waals surface area (Å²) in [4.78, 5) is 10.6. The van der Waals surface area contributed by atoms with Gasteiger partial charge in [-0.2, -0.15) is 0 Å². The third kappa shape index (κ3) is 4.11. The first-order chi connectivity index (χ1) is 7.24. The first-order valence-electron chi connectivity index (χ1n) is 5.43. The van der Waals surface area contributed by atoms with Gasteiger partial charge >= 0.3 is 5.97 Å². The predicted octanol–water partition coefficient (Wildman–Crippen LogP) is 1.79. The summed E-state index contributed by atoms with van der Waals surface area (Å²) in [5, 5.41) is 8.75. The minimum Gasteiger partial charge on any atom is -0.481 e. The topological polar surface area (TPSA) is 41.2 Å². The molecule has 0 aliphatic rings. The van der Waals surface area contributed by atoms with Gasteiger partial charge in [0.15, 0.2) is 11.9 Å². The Morgan fingerprint density at radius 3 is 2.87 bits per heavy atom. The molecule has 1 rings (SSSR count). The minimum atomic E-state index is -0.773. The Labute approximate surface area is 90.4 Å². The zero-order valence-electron chi connectivity index (χ0n) is 9.15. The van der Waals surface area contributed by atoms with Gasteiger partial charge in [0.25, 0.3) is 0 Å². The largest absolute Gasteiger partial charge is 0.481 e. The third-order valence-electron chi connectivity index (χ3n) is 2.37. The molecule has 0 radical (unpaired) electrons. The summed E-state index contributed by atoms with van der Waals surface area (Å²) in [7, 11) is 0. The molecule has 0 aromatic carbocycles. The van der Waals surface area contributed by atoms with E-state index in [1.807, 2.05) is 29.0 Å². The van der Waals surface area contributed by atoms with Crippen LogP contribution in [0.3, 0.4) is 0 Å². The van der Waals surface area contributed by atoms with Gasteiger partial charge in [-0.15, -0.1) is 0 Å². The van der Waals surface area contributed by atoms with Gasteiger partial charge in [-0.1, -0.05) is 19.4 Å². The van der Waals surface area contributed by atoms with Gasteiger partial charge in [0.05, 0.1) is 0 Å². The lowest BCUT2D eigenvalue weighted by atomic mass is 10.2. The molecule has 0 bridgehead atoms. The quantitative estimate of drug-likeness (QED) is 0.572. The van der Waals surface area contributed by atoms with Gasteiger partial charge in [-0.05, 0) is 6.42 Å². The second kappa shape index (κ2) is 6.17. The molecule has 1 aromatic heterocycles. The van der Waals surface area contributed by atoms with Gasteiger partial charge in [-0.3, -0.25) is 4.79 Å². The number of aromatic nitrogens is 1. The molecule has 0 atom stereocenters. The van der Waals surface area contributed by atoms with Gasteiger partial charge in [0.2, 0.25) is 0 Å². The number of carboxylic acids is 1. The predicted molar refractivity (Wildman–Crippen MR) is 57.5 cm³/mol. The zero-order valence-corrected chi connectivity index (χ0v) is 9.15. The highest BCUT2D eigenvalue weighted by Gasteiger charge is 2.12. The molecule has 0 unspecified atom stereocenters. The van der Waals surface area contributed by atoms with Crippen molar-refractivity contribution in [3.05, 3.63) is 30.1 Å². The smallest absolute Gasteiger partial charge is 0.314 e. The Morgan fingerprint density at radius 2 is 2.20 bits per heavy atom. The molecule has 82 valence electrons. The van der Waals surface area contributed by atoms with Crippen LogP contribution >= 0.6 is 0 Å². The molecule has 0 amide bonds. The average Bonchev–Trinajstić information content (AvgIpc) is 2.20. The second-order valence-corrected chi connectivity index (χ2v) is 3.66. The molecule has 1 N–H and O–H groups in total. The fourth-order valence-corrected chi connectivity index (χ4v) is 1.58. The SMILES string of the molecule is CCCCC[n+]1ccccc1CC(=O)O. The van der Waals surface area contributed by atoms with Crippen LogP contribution in [-0.4, -0.2) is 11.1 Å². The number of unbranched alkanes of at least 4 members (excludes halogenated alkanes) is 2. The molecular weight excluding hydrogens is 190 g/mol. The maximum absolute atomic E-state index is 10.6. The van der Waals surface area contributed by atoms with Crippen LogP contribution in [0.25, 0.3) is 0 Å². The van der Waals surface area contributed by atoms with Crippen LogP contribution in [-0.2, 0) is 17.8 Å². The van der Waals surface area contributed by atoms with E-state index in [0.717, 1.165) is 18.7 Å². The molecule has 0 spiro atoms. The van der Waals surface area contributed by atoms with Crippen molar-refractivity contribution in [2.75, 3.05) is 0 Å². The fourth-order valence-electron chi connectivity index (χ4n) is 1.58. The molecule has 1 heterocycles. The fraction of sp³-hybridized carbons (Fsp3) is 0.500. The summed E-state index contributed by atoms with van der Waals surface area (Å²) in [5.74, 6) is -0.773. The Morgan fingerprint density at radius 1 is 1.40 bits per heavy atom. The van der Waals surface area contributed by atoms with E-state index in [0.29, 0.717) is 0 Å². The van der Waals surface area contributed by atoms with Gasteiger partial charge in [-0.25, -0.2) is 4.57 Å². The number of pyridine rings is 1. The molecule has 3 heteroatoms. The average molecular weight is 208 g/mol. The summed E-state index contributed by atoms with van der Waals surface area (Å²) in [6, 6.07) is 5.70. The van der Waals surface area contributed by atoms with E-state index in [1.54, 1.807) is 0 Å². The first-order valence-corrected chi connectivity index (χ1v) is 5.43. The van der Waals surface area contributed by atoms with E-state index in [2.05, 4.69) is 6.92 Å². The van der Waals surface area contributed by atoms with Gasteiger partial charge in [0.1, 0.15) is 13.0 Å². The van der Waals surface area contributed by atoms with E-state index in [-0.39, 0.29) is 6.42 Å². The summed E-state index contributed by atoms with van der Waals surface area (Å²) in [6.45, 7) is 3.07. The lowest BCUT2D eigenvalue weighted by molar-refractivity contribution is -0.704. The number of carboxylic acid groups (broad SMARTS) is 1. The van der Waals surface area contributed by atoms with Crippen LogP contribution in [0.5, 0.6) is 0 Å². The molecule has 0 aliphatic heterocycles. The van der Waals surface area contributed by atoms with Crippen molar-refractivity contribution in [1.29, 1.82) is 0 Å². The van der Waals surface area contributed by atoms with Gasteiger partial charge < -0.3 is 5.11 Å². The van der Waals surface area contributed by atoms with E-state index in [4.69, 9.17) is 5.11 Å². The summed E-state index contributed by atoms with van der Waals surface area (Å²) >= 11 is 0. The number of nitrogens with zero attached hydrogens (tertiary/aromatic N) is 1. The van der Waals surface area contributed by atoms with E-state index >= 15 is 0 Å². The van der Waals surface area contributed by atoms with Crippen LogP contribution in [0.15, 0.2) is 24.4 Å². The molecule has 15 heavy (non-hydrogen) atoms. The summed E-state index contributed by atoms with van der Waals surface area (Å²) < 4.78 is 2.03. The Hall–Kier alpha value is -1.38. The van der Waals surface area contributed by atoms with Crippen molar-refractivity contribution in [2.24, 2.45) is 0 Å². The maximum atomic E-state index is 10.6. The van der Waals surface area contributed by atoms with E-state index in [1.165, 1.54) is 12.8 Å². The third-order valence-corrected chi connectivity index (χ3v) is 2.37. The summed E-state index contributed by atoms with van der Waals surface area (Å²) in [5.41, 5.74) is 0.876. The Balaban J connectivity index is 2.64. The lowest BCUT2D eigenvalue weighted by Crippen LogP contribution is -2.38. The van der Waals surface area contributed by atoms with Crippen LogP contribution in [0.1, 0.15) is 31.9 Å². The number of carbonyl (C=O) groups is 1. The van der Waals surface area contributed by atoms with Crippen molar-refractivity contribution >= 4 is 5.97 Å². The normalized spacial score (nSPS) is 10.2.